The molecule has 28 heavy (non-hydrogen) atoms. The van der Waals surface area contributed by atoms with Gasteiger partial charge in [-0.05, 0) is 71.2 Å². The maximum absolute atomic E-state index is 12.5. The lowest BCUT2D eigenvalue weighted by Gasteiger charge is -2.11. The summed E-state index contributed by atoms with van der Waals surface area (Å²) < 4.78 is 67.8. The first-order valence-corrected chi connectivity index (χ1v) is 10.3. The maximum Gasteiger partial charge on any atom is 0.573 e. The van der Waals surface area contributed by atoms with Crippen molar-refractivity contribution in [1.82, 2.24) is 4.72 Å². The summed E-state index contributed by atoms with van der Waals surface area (Å²) in [5, 5.41) is 2.50. The third kappa shape index (κ3) is 5.46. The van der Waals surface area contributed by atoms with Crippen molar-refractivity contribution >= 4 is 37.5 Å². The molecule has 3 rings (SSSR count). The standard InChI is InChI=1S/C17H14BrF3N2O4S/c18-15-8-7-13(28(25,26)23-11-1-2-11)9-14(15)16(24)22-10-3-5-12(6-4-10)27-17(19,20)21/h3-9,11,23H,1-2H2,(H,22,24). The summed E-state index contributed by atoms with van der Waals surface area (Å²) in [6, 6.07) is 8.54. The summed E-state index contributed by atoms with van der Waals surface area (Å²) in [5.41, 5.74) is 0.282. The molecule has 1 aliphatic carbocycles. The van der Waals surface area contributed by atoms with Gasteiger partial charge in [0.05, 0.1) is 10.5 Å². The number of amides is 1. The molecule has 0 aliphatic heterocycles. The highest BCUT2D eigenvalue weighted by molar-refractivity contribution is 9.10. The van der Waals surface area contributed by atoms with E-state index in [1.54, 1.807) is 0 Å². The van der Waals surface area contributed by atoms with Crippen molar-refractivity contribution in [3.05, 3.63) is 52.5 Å². The molecule has 0 heterocycles. The van der Waals surface area contributed by atoms with Crippen LogP contribution in [0.25, 0.3) is 0 Å². The van der Waals surface area contributed by atoms with Crippen molar-refractivity contribution in [1.29, 1.82) is 0 Å². The van der Waals surface area contributed by atoms with Gasteiger partial charge in [-0.15, -0.1) is 13.2 Å². The third-order valence-electron chi connectivity index (χ3n) is 3.74. The van der Waals surface area contributed by atoms with Gasteiger partial charge in [-0.3, -0.25) is 4.79 Å². The minimum atomic E-state index is -4.81. The van der Waals surface area contributed by atoms with Crippen molar-refractivity contribution in [2.45, 2.75) is 30.1 Å². The minimum Gasteiger partial charge on any atom is -0.406 e. The van der Waals surface area contributed by atoms with Gasteiger partial charge in [0, 0.05) is 16.2 Å². The zero-order chi connectivity index (χ0) is 20.5. The van der Waals surface area contributed by atoms with Crippen molar-refractivity contribution in [3.8, 4) is 5.75 Å². The highest BCUT2D eigenvalue weighted by Gasteiger charge is 2.31. The van der Waals surface area contributed by atoms with Crippen molar-refractivity contribution in [2.75, 3.05) is 5.32 Å². The number of hydrogen-bond donors (Lipinski definition) is 2. The van der Waals surface area contributed by atoms with Crippen molar-refractivity contribution in [3.63, 3.8) is 0 Å². The van der Waals surface area contributed by atoms with Gasteiger partial charge in [0.15, 0.2) is 0 Å². The lowest BCUT2D eigenvalue weighted by molar-refractivity contribution is -0.274. The summed E-state index contributed by atoms with van der Waals surface area (Å²) in [5.74, 6) is -1.05. The van der Waals surface area contributed by atoms with E-state index >= 15 is 0 Å². The Bertz CT molecular complexity index is 990. The second-order valence-corrected chi connectivity index (χ2v) is 8.63. The second kappa shape index (κ2) is 7.72. The Morgan fingerprint density at radius 3 is 2.32 bits per heavy atom. The number of rotatable bonds is 6. The summed E-state index contributed by atoms with van der Waals surface area (Å²) >= 11 is 3.20. The molecule has 0 radical (unpaired) electrons. The number of nitrogens with one attached hydrogen (secondary N) is 2. The summed E-state index contributed by atoms with van der Waals surface area (Å²) in [7, 11) is -3.74. The fraction of sp³-hybridized carbons (Fsp3) is 0.235. The largest absolute Gasteiger partial charge is 0.573 e. The lowest BCUT2D eigenvalue weighted by Crippen LogP contribution is -2.26. The first-order chi connectivity index (χ1) is 13.0. The van der Waals surface area contributed by atoms with E-state index in [4.69, 9.17) is 0 Å². The molecule has 1 saturated carbocycles. The van der Waals surface area contributed by atoms with Gasteiger partial charge in [0.25, 0.3) is 5.91 Å². The van der Waals surface area contributed by atoms with Crippen molar-refractivity contribution < 1.29 is 31.1 Å². The number of benzene rings is 2. The first-order valence-electron chi connectivity index (χ1n) is 8.02. The molecule has 1 amide bonds. The van der Waals surface area contributed by atoms with Gasteiger partial charge in [-0.2, -0.15) is 0 Å². The van der Waals surface area contributed by atoms with Crippen LogP contribution in [0.3, 0.4) is 0 Å². The molecule has 1 fully saturated rings. The summed E-state index contributed by atoms with van der Waals surface area (Å²) in [6.45, 7) is 0. The van der Waals surface area contributed by atoms with E-state index in [9.17, 15) is 26.4 Å². The molecule has 1 aliphatic rings. The first kappa shape index (κ1) is 20.6. The number of carbonyl (C=O) groups excluding carboxylic acids is 1. The van der Waals surface area contributed by atoms with Crippen LogP contribution < -0.4 is 14.8 Å². The van der Waals surface area contributed by atoms with Crippen LogP contribution in [-0.4, -0.2) is 26.7 Å². The SMILES string of the molecule is O=C(Nc1ccc(OC(F)(F)F)cc1)c1cc(S(=O)(=O)NC2CC2)ccc1Br. The highest BCUT2D eigenvalue weighted by Crippen LogP contribution is 2.27. The Balaban J connectivity index is 1.76. The van der Waals surface area contributed by atoms with E-state index in [0.717, 1.165) is 25.0 Å². The summed E-state index contributed by atoms with van der Waals surface area (Å²) in [6.07, 6.45) is -3.26. The van der Waals surface area contributed by atoms with Crippen LogP contribution >= 0.6 is 15.9 Å². The average molecular weight is 479 g/mol. The minimum absolute atomic E-state index is 0.0540. The number of halogens is 4. The van der Waals surface area contributed by atoms with Gasteiger partial charge in [0.2, 0.25) is 10.0 Å². The zero-order valence-corrected chi connectivity index (χ0v) is 16.5. The number of anilines is 1. The lowest BCUT2D eigenvalue weighted by atomic mass is 10.2. The molecular formula is C17H14BrF3N2O4S. The van der Waals surface area contributed by atoms with E-state index in [-0.39, 0.29) is 22.2 Å². The van der Waals surface area contributed by atoms with Crippen LogP contribution in [-0.2, 0) is 10.0 Å². The maximum atomic E-state index is 12.5. The molecule has 0 atom stereocenters. The fourth-order valence-corrected chi connectivity index (χ4v) is 4.03. The van der Waals surface area contributed by atoms with Crippen molar-refractivity contribution in [2.24, 2.45) is 0 Å². The average Bonchev–Trinajstić information content (AvgIpc) is 3.38. The molecule has 0 unspecified atom stereocenters. The molecule has 11 heteroatoms. The predicted molar refractivity (Wildman–Crippen MR) is 98.6 cm³/mol. The monoisotopic (exact) mass is 478 g/mol. The quantitative estimate of drug-likeness (QED) is 0.655. The van der Waals surface area contributed by atoms with Crippen LogP contribution in [0.1, 0.15) is 23.2 Å². The Labute approximate surface area is 167 Å². The normalized spacial score (nSPS) is 14.6. The molecule has 2 N–H and O–H groups in total. The number of alkyl halides is 3. The van der Waals surface area contributed by atoms with Gasteiger partial charge < -0.3 is 10.1 Å². The Morgan fingerprint density at radius 2 is 1.75 bits per heavy atom. The second-order valence-electron chi connectivity index (χ2n) is 6.06. The van der Waals surface area contributed by atoms with Crippen LogP contribution in [0, 0.1) is 0 Å². The van der Waals surface area contributed by atoms with E-state index < -0.39 is 28.0 Å². The molecule has 0 saturated heterocycles. The van der Waals surface area contributed by atoms with E-state index in [1.165, 1.54) is 30.3 Å². The molecular weight excluding hydrogens is 465 g/mol. The number of ether oxygens (including phenoxy) is 1. The topological polar surface area (TPSA) is 84.5 Å². The van der Waals surface area contributed by atoms with Crippen LogP contribution in [0.2, 0.25) is 0 Å². The smallest absolute Gasteiger partial charge is 0.406 e. The van der Waals surface area contributed by atoms with E-state index in [0.29, 0.717) is 4.47 Å². The Kier molecular flexibility index (Phi) is 5.69. The highest BCUT2D eigenvalue weighted by atomic mass is 79.9. The van der Waals surface area contributed by atoms with Gasteiger partial charge >= 0.3 is 6.36 Å². The van der Waals surface area contributed by atoms with Crippen LogP contribution in [0.4, 0.5) is 18.9 Å². The number of sulfonamides is 1. The summed E-state index contributed by atoms with van der Waals surface area (Å²) in [4.78, 5) is 12.4. The van der Waals surface area contributed by atoms with E-state index in [2.05, 4.69) is 30.7 Å². The molecule has 2 aromatic rings. The Morgan fingerprint density at radius 1 is 1.11 bits per heavy atom. The Hall–Kier alpha value is -2.11. The number of hydrogen-bond acceptors (Lipinski definition) is 4. The van der Waals surface area contributed by atoms with Gasteiger partial charge in [0.1, 0.15) is 5.75 Å². The van der Waals surface area contributed by atoms with E-state index in [1.807, 2.05) is 0 Å². The molecule has 2 aromatic carbocycles. The van der Waals surface area contributed by atoms with Crippen LogP contribution in [0.5, 0.6) is 5.75 Å². The molecule has 0 spiro atoms. The number of carbonyl (C=O) groups is 1. The fourth-order valence-electron chi connectivity index (χ4n) is 2.27. The van der Waals surface area contributed by atoms with Gasteiger partial charge in [-0.1, -0.05) is 0 Å². The predicted octanol–water partition coefficient (Wildman–Crippen LogP) is 4.04. The molecule has 0 aromatic heterocycles. The molecule has 6 nitrogen and oxygen atoms in total. The zero-order valence-electron chi connectivity index (χ0n) is 14.1. The third-order valence-corrected chi connectivity index (χ3v) is 5.95. The van der Waals surface area contributed by atoms with Crippen LogP contribution in [0.15, 0.2) is 51.8 Å². The molecule has 0 bridgehead atoms. The molecule has 150 valence electrons. The van der Waals surface area contributed by atoms with Gasteiger partial charge in [-0.25, -0.2) is 13.1 Å².